The smallest absolute Gasteiger partial charge is 0.242 e. The monoisotopic (exact) mass is 432 g/mol. The van der Waals surface area contributed by atoms with Gasteiger partial charge in [-0.05, 0) is 61.7 Å². The molecule has 7 nitrogen and oxygen atoms in total. The molecule has 2 heterocycles. The van der Waals surface area contributed by atoms with Gasteiger partial charge in [-0.25, -0.2) is 8.42 Å². The fraction of sp³-hybridized carbons (Fsp3) is 0.727. The second kappa shape index (κ2) is 7.11. The van der Waals surface area contributed by atoms with E-state index in [1.165, 1.54) is 19.3 Å². The Kier molecular flexibility index (Phi) is 4.76. The van der Waals surface area contributed by atoms with E-state index in [0.717, 1.165) is 30.8 Å². The summed E-state index contributed by atoms with van der Waals surface area (Å²) in [5.41, 5.74) is 2.10. The summed E-state index contributed by atoms with van der Waals surface area (Å²) in [6.45, 7) is 7.81. The second-order valence-electron chi connectivity index (χ2n) is 10.2. The number of nitrogens with zero attached hydrogens (tertiary/aromatic N) is 3. The molecule has 3 aliphatic carbocycles. The molecule has 2 aromatic heterocycles. The van der Waals surface area contributed by atoms with E-state index < -0.39 is 10.0 Å². The van der Waals surface area contributed by atoms with Crippen molar-refractivity contribution in [2.24, 2.45) is 17.3 Å². The van der Waals surface area contributed by atoms with E-state index in [2.05, 4.69) is 35.7 Å². The molecular formula is C22H32N4O3S. The molecule has 3 aliphatic rings. The molecule has 0 amide bonds. The topological polar surface area (TPSA) is 85.6 Å². The van der Waals surface area contributed by atoms with Crippen LogP contribution < -0.4 is 9.46 Å². The van der Waals surface area contributed by atoms with Crippen LogP contribution in [0, 0.1) is 17.3 Å². The predicted molar refractivity (Wildman–Crippen MR) is 116 cm³/mol. The van der Waals surface area contributed by atoms with Crippen molar-refractivity contribution in [3.05, 3.63) is 17.8 Å². The van der Waals surface area contributed by atoms with Gasteiger partial charge in [0.1, 0.15) is 5.75 Å². The van der Waals surface area contributed by atoms with Crippen molar-refractivity contribution >= 4 is 21.6 Å². The highest BCUT2D eigenvalue weighted by molar-refractivity contribution is 7.93. The van der Waals surface area contributed by atoms with Crippen LogP contribution in [0.2, 0.25) is 0 Å². The number of hydrogen-bond donors (Lipinski definition) is 1. The molecule has 164 valence electrons. The zero-order chi connectivity index (χ0) is 21.1. The number of rotatable bonds is 7. The van der Waals surface area contributed by atoms with Gasteiger partial charge >= 0.3 is 0 Å². The second-order valence-corrected chi connectivity index (χ2v) is 12.2. The van der Waals surface area contributed by atoms with Crippen LogP contribution in [0.5, 0.6) is 5.75 Å². The fourth-order valence-corrected chi connectivity index (χ4v) is 6.09. The number of pyridine rings is 1. The van der Waals surface area contributed by atoms with E-state index in [1.54, 1.807) is 4.40 Å². The van der Waals surface area contributed by atoms with Crippen LogP contribution in [-0.2, 0) is 10.0 Å². The van der Waals surface area contributed by atoms with Crippen LogP contribution >= 0.6 is 0 Å². The van der Waals surface area contributed by atoms with Crippen LogP contribution in [0.15, 0.2) is 12.3 Å². The number of anilines is 1. The highest BCUT2D eigenvalue weighted by atomic mass is 32.2. The Morgan fingerprint density at radius 2 is 1.97 bits per heavy atom. The Hall–Kier alpha value is -1.83. The van der Waals surface area contributed by atoms with Gasteiger partial charge in [0.05, 0.1) is 11.9 Å². The summed E-state index contributed by atoms with van der Waals surface area (Å²) in [7, 11) is -3.38. The summed E-state index contributed by atoms with van der Waals surface area (Å²) in [5, 5.41) is 8.01. The van der Waals surface area contributed by atoms with Crippen LogP contribution in [0.3, 0.4) is 0 Å². The summed E-state index contributed by atoms with van der Waals surface area (Å²) in [4.78, 5) is 0. The Morgan fingerprint density at radius 1 is 1.20 bits per heavy atom. The zero-order valence-electron chi connectivity index (χ0n) is 18.1. The average Bonchev–Trinajstić information content (AvgIpc) is 3.59. The molecule has 1 N–H and O–H groups in total. The first-order valence-electron chi connectivity index (χ1n) is 11.3. The normalized spacial score (nSPS) is 26.6. The minimum Gasteiger partial charge on any atom is -0.493 e. The van der Waals surface area contributed by atoms with Gasteiger partial charge in [-0.2, -0.15) is 0 Å². The summed E-state index contributed by atoms with van der Waals surface area (Å²) < 4.78 is 35.5. The molecular weight excluding hydrogens is 400 g/mol. The number of ether oxygens (including phenoxy) is 1. The number of hydrogen-bond acceptors (Lipinski definition) is 5. The highest BCUT2D eigenvalue weighted by Crippen LogP contribution is 2.46. The van der Waals surface area contributed by atoms with E-state index in [-0.39, 0.29) is 11.2 Å². The molecule has 3 saturated carbocycles. The Balaban J connectivity index is 1.39. The summed E-state index contributed by atoms with van der Waals surface area (Å²) in [6.07, 6.45) is 9.43. The number of fused-ring (bicyclic) bond motifs is 1. The molecule has 5 rings (SSSR count). The summed E-state index contributed by atoms with van der Waals surface area (Å²) in [5.74, 6) is 2.80. The largest absolute Gasteiger partial charge is 0.493 e. The number of aromatic nitrogens is 3. The third kappa shape index (κ3) is 3.79. The first-order chi connectivity index (χ1) is 14.2. The maximum absolute atomic E-state index is 12.3. The van der Waals surface area contributed by atoms with Gasteiger partial charge in [0.25, 0.3) is 0 Å². The van der Waals surface area contributed by atoms with Gasteiger partial charge in [0.2, 0.25) is 16.0 Å². The van der Waals surface area contributed by atoms with Crippen LogP contribution in [0.25, 0.3) is 5.65 Å². The van der Waals surface area contributed by atoms with E-state index in [4.69, 9.17) is 4.74 Å². The Labute approximate surface area is 178 Å². The van der Waals surface area contributed by atoms with E-state index in [1.807, 2.05) is 12.3 Å². The van der Waals surface area contributed by atoms with Crippen LogP contribution in [0.1, 0.15) is 77.2 Å². The summed E-state index contributed by atoms with van der Waals surface area (Å²) >= 11 is 0. The predicted octanol–water partition coefficient (Wildman–Crippen LogP) is 4.35. The van der Waals surface area contributed by atoms with Crippen molar-refractivity contribution in [3.8, 4) is 5.75 Å². The van der Waals surface area contributed by atoms with Crippen molar-refractivity contribution < 1.29 is 13.2 Å². The quantitative estimate of drug-likeness (QED) is 0.703. The molecule has 0 spiro atoms. The standard InChI is InChI=1S/C22H32N4O3S/c1-14-16(5-4-10-22(14,2)3)13-29-19-11-20-23-24-21(25-30(27,28)17-8-9-17)26(20)12-18(19)15-6-7-15/h11-12,14-17H,4-10,13H2,1-3H3,(H,24,25)/t14-,16+/m0/s1. The van der Waals surface area contributed by atoms with E-state index in [9.17, 15) is 8.42 Å². The van der Waals surface area contributed by atoms with Crippen molar-refractivity contribution in [1.29, 1.82) is 0 Å². The first kappa shape index (κ1) is 20.1. The van der Waals surface area contributed by atoms with E-state index >= 15 is 0 Å². The molecule has 2 atom stereocenters. The maximum atomic E-state index is 12.3. The van der Waals surface area contributed by atoms with Gasteiger partial charge in [-0.1, -0.05) is 27.2 Å². The van der Waals surface area contributed by atoms with Gasteiger partial charge in [-0.3, -0.25) is 9.12 Å². The van der Waals surface area contributed by atoms with Crippen LogP contribution in [0.4, 0.5) is 5.95 Å². The minimum atomic E-state index is -3.38. The lowest BCUT2D eigenvalue weighted by atomic mass is 9.65. The third-order valence-electron chi connectivity index (χ3n) is 7.54. The maximum Gasteiger partial charge on any atom is 0.242 e. The molecule has 3 fully saturated rings. The van der Waals surface area contributed by atoms with Crippen molar-refractivity contribution in [3.63, 3.8) is 0 Å². The Bertz CT molecular complexity index is 1050. The van der Waals surface area contributed by atoms with Gasteiger partial charge < -0.3 is 4.74 Å². The third-order valence-corrected chi connectivity index (χ3v) is 9.35. The molecule has 0 radical (unpaired) electrons. The molecule has 8 heteroatoms. The van der Waals surface area contributed by atoms with Gasteiger partial charge in [-0.15, -0.1) is 10.2 Å². The molecule has 0 unspecified atom stereocenters. The van der Waals surface area contributed by atoms with Crippen molar-refractivity contribution in [2.45, 2.75) is 76.9 Å². The molecule has 0 aromatic carbocycles. The fourth-order valence-electron chi connectivity index (χ4n) is 4.78. The molecule has 0 bridgehead atoms. The average molecular weight is 433 g/mol. The molecule has 0 aliphatic heterocycles. The van der Waals surface area contributed by atoms with Crippen molar-refractivity contribution in [1.82, 2.24) is 14.6 Å². The summed E-state index contributed by atoms with van der Waals surface area (Å²) in [6, 6.07) is 1.92. The molecule has 2 aromatic rings. The van der Waals surface area contributed by atoms with Gasteiger partial charge in [0.15, 0.2) is 5.65 Å². The SMILES string of the molecule is C[C@H]1[C@@H](COc2cc3nnc(NS(=O)(=O)C4CC4)n3cc2C2CC2)CCCC1(C)C. The number of nitrogens with one attached hydrogen (secondary N) is 1. The number of sulfonamides is 1. The highest BCUT2D eigenvalue weighted by Gasteiger charge is 2.38. The van der Waals surface area contributed by atoms with Crippen molar-refractivity contribution in [2.75, 3.05) is 11.3 Å². The molecule has 0 saturated heterocycles. The Morgan fingerprint density at radius 3 is 2.67 bits per heavy atom. The lowest BCUT2D eigenvalue weighted by Crippen LogP contribution is -2.35. The lowest BCUT2D eigenvalue weighted by molar-refractivity contribution is 0.0566. The minimum absolute atomic E-state index is 0.271. The lowest BCUT2D eigenvalue weighted by Gasteiger charge is -2.42. The molecule has 30 heavy (non-hydrogen) atoms. The first-order valence-corrected chi connectivity index (χ1v) is 12.8. The van der Waals surface area contributed by atoms with E-state index in [0.29, 0.717) is 41.7 Å². The van der Waals surface area contributed by atoms with Crippen LogP contribution in [-0.4, -0.2) is 34.9 Å². The van der Waals surface area contributed by atoms with Gasteiger partial charge in [0, 0.05) is 17.8 Å². The zero-order valence-corrected chi connectivity index (χ0v) is 18.9.